The first-order valence-electron chi connectivity index (χ1n) is 5.47. The van der Waals surface area contributed by atoms with E-state index in [1.807, 2.05) is 21.0 Å². The molecule has 1 heterocycles. The molecule has 0 radical (unpaired) electrons. The molecule has 2 atom stereocenters. The Labute approximate surface area is 96.3 Å². The first-order chi connectivity index (χ1) is 7.45. The van der Waals surface area contributed by atoms with Gasteiger partial charge >= 0.3 is 5.97 Å². The first-order valence-corrected chi connectivity index (χ1v) is 5.47. The third-order valence-corrected chi connectivity index (χ3v) is 2.76. The summed E-state index contributed by atoms with van der Waals surface area (Å²) in [6.45, 7) is 3.02. The third-order valence-electron chi connectivity index (χ3n) is 2.76. The average molecular weight is 228 g/mol. The molecular weight excluding hydrogens is 208 g/mol. The maximum absolute atomic E-state index is 11.9. The van der Waals surface area contributed by atoms with Crippen molar-refractivity contribution in [2.24, 2.45) is 5.92 Å². The highest BCUT2D eigenvalue weighted by atomic mass is 16.5. The molecule has 0 aromatic heterocycles. The van der Waals surface area contributed by atoms with E-state index in [1.54, 1.807) is 9.80 Å². The molecule has 5 nitrogen and oxygen atoms in total. The van der Waals surface area contributed by atoms with Crippen LogP contribution in [-0.4, -0.2) is 62.0 Å². The number of carbonyl (C=O) groups is 2. The second-order valence-electron chi connectivity index (χ2n) is 4.66. The Hall–Kier alpha value is -1.10. The van der Waals surface area contributed by atoms with Crippen LogP contribution in [0.15, 0.2) is 0 Å². The van der Waals surface area contributed by atoms with Crippen LogP contribution in [0.4, 0.5) is 0 Å². The van der Waals surface area contributed by atoms with Gasteiger partial charge in [0.25, 0.3) is 0 Å². The summed E-state index contributed by atoms with van der Waals surface area (Å²) >= 11 is 0. The highest BCUT2D eigenvalue weighted by Crippen LogP contribution is 2.23. The normalized spacial score (nSPS) is 24.9. The lowest BCUT2D eigenvalue weighted by atomic mass is 10.1. The predicted octanol–water partition coefficient (Wildman–Crippen LogP) is -0.0420. The molecule has 0 saturated carbocycles. The van der Waals surface area contributed by atoms with E-state index in [9.17, 15) is 9.59 Å². The van der Waals surface area contributed by atoms with Crippen molar-refractivity contribution in [3.05, 3.63) is 0 Å². The zero-order valence-corrected chi connectivity index (χ0v) is 10.4. The van der Waals surface area contributed by atoms with Gasteiger partial charge in [-0.15, -0.1) is 0 Å². The summed E-state index contributed by atoms with van der Waals surface area (Å²) < 4.78 is 4.72. The van der Waals surface area contributed by atoms with Crippen LogP contribution >= 0.6 is 0 Å². The second kappa shape index (κ2) is 5.30. The summed E-state index contributed by atoms with van der Waals surface area (Å²) in [5.74, 6) is 0.0384. The molecule has 16 heavy (non-hydrogen) atoms. The standard InChI is InChI=1S/C11H20N2O3/c1-8-5-9(11(15)16-4)13(6-8)10(14)7-12(2)3/h8-9H,5-7H2,1-4H3/t8-,9-/m0/s1. The van der Waals surface area contributed by atoms with Crippen LogP contribution in [0.25, 0.3) is 0 Å². The fraction of sp³-hybridized carbons (Fsp3) is 0.818. The Kier molecular flexibility index (Phi) is 4.29. The molecule has 5 heteroatoms. The third kappa shape index (κ3) is 2.95. The lowest BCUT2D eigenvalue weighted by molar-refractivity contribution is -0.151. The average Bonchev–Trinajstić information content (AvgIpc) is 2.58. The van der Waals surface area contributed by atoms with Crippen LogP contribution < -0.4 is 0 Å². The summed E-state index contributed by atoms with van der Waals surface area (Å²) in [5, 5.41) is 0. The van der Waals surface area contributed by atoms with Gasteiger partial charge in [0.2, 0.25) is 5.91 Å². The summed E-state index contributed by atoms with van der Waals surface area (Å²) in [7, 11) is 5.04. The zero-order chi connectivity index (χ0) is 12.3. The van der Waals surface area contributed by atoms with Crippen molar-refractivity contribution in [2.75, 3.05) is 34.3 Å². The van der Waals surface area contributed by atoms with E-state index in [4.69, 9.17) is 4.74 Å². The molecule has 0 N–H and O–H groups in total. The van der Waals surface area contributed by atoms with Crippen LogP contribution in [0, 0.1) is 5.92 Å². The first kappa shape index (κ1) is 13.0. The van der Waals surface area contributed by atoms with Crippen LogP contribution in [0.5, 0.6) is 0 Å². The van der Waals surface area contributed by atoms with Gasteiger partial charge in [-0.2, -0.15) is 0 Å². The van der Waals surface area contributed by atoms with Crippen LogP contribution in [0.1, 0.15) is 13.3 Å². The number of ether oxygens (including phenoxy) is 1. The topological polar surface area (TPSA) is 49.9 Å². The molecule has 1 saturated heterocycles. The minimum Gasteiger partial charge on any atom is -0.467 e. The molecule has 0 bridgehead atoms. The smallest absolute Gasteiger partial charge is 0.328 e. The van der Waals surface area contributed by atoms with Crippen LogP contribution in [0.2, 0.25) is 0 Å². The van der Waals surface area contributed by atoms with E-state index in [2.05, 4.69) is 0 Å². The van der Waals surface area contributed by atoms with Crippen molar-refractivity contribution in [1.29, 1.82) is 0 Å². The van der Waals surface area contributed by atoms with Gasteiger partial charge in [-0.05, 0) is 26.4 Å². The lowest BCUT2D eigenvalue weighted by Gasteiger charge is -2.24. The molecule has 0 spiro atoms. The van der Waals surface area contributed by atoms with Gasteiger partial charge in [-0.25, -0.2) is 4.79 Å². The summed E-state index contributed by atoms with van der Waals surface area (Å²) in [6, 6.07) is -0.396. The highest BCUT2D eigenvalue weighted by molar-refractivity contribution is 5.86. The molecule has 1 amide bonds. The van der Waals surface area contributed by atoms with Crippen molar-refractivity contribution in [3.8, 4) is 0 Å². The second-order valence-corrected chi connectivity index (χ2v) is 4.66. The summed E-state index contributed by atoms with van der Waals surface area (Å²) in [4.78, 5) is 26.9. The van der Waals surface area contributed by atoms with Gasteiger partial charge in [0.1, 0.15) is 6.04 Å². The Morgan fingerprint density at radius 2 is 2.06 bits per heavy atom. The number of likely N-dealkylation sites (N-methyl/N-ethyl adjacent to an activating group) is 1. The van der Waals surface area contributed by atoms with Crippen LogP contribution in [-0.2, 0) is 14.3 Å². The number of rotatable bonds is 3. The van der Waals surface area contributed by atoms with Crippen molar-refractivity contribution in [2.45, 2.75) is 19.4 Å². The van der Waals surface area contributed by atoms with Gasteiger partial charge in [0.05, 0.1) is 13.7 Å². The SMILES string of the molecule is COC(=O)[C@@H]1C[C@H](C)CN1C(=O)CN(C)C. The fourth-order valence-electron chi connectivity index (χ4n) is 2.04. The Balaban J connectivity index is 2.69. The number of hydrogen-bond acceptors (Lipinski definition) is 4. The Morgan fingerprint density at radius 1 is 1.44 bits per heavy atom. The van der Waals surface area contributed by atoms with Gasteiger partial charge in [0.15, 0.2) is 0 Å². The maximum Gasteiger partial charge on any atom is 0.328 e. The maximum atomic E-state index is 11.9. The predicted molar refractivity (Wildman–Crippen MR) is 59.9 cm³/mol. The molecule has 0 aromatic rings. The highest BCUT2D eigenvalue weighted by Gasteiger charge is 2.38. The molecule has 0 aromatic carbocycles. The van der Waals surface area contributed by atoms with E-state index in [1.165, 1.54) is 7.11 Å². The molecule has 92 valence electrons. The quantitative estimate of drug-likeness (QED) is 0.636. The van der Waals surface area contributed by atoms with E-state index in [0.717, 1.165) is 0 Å². The molecule has 1 rings (SSSR count). The minimum atomic E-state index is -0.396. The Bertz CT molecular complexity index is 278. The largest absolute Gasteiger partial charge is 0.467 e. The minimum absolute atomic E-state index is 0.00949. The number of esters is 1. The zero-order valence-electron chi connectivity index (χ0n) is 10.4. The molecule has 1 fully saturated rings. The molecule has 0 unspecified atom stereocenters. The molecule has 0 aliphatic carbocycles. The van der Waals surface area contributed by atoms with Gasteiger partial charge < -0.3 is 14.5 Å². The number of hydrogen-bond donors (Lipinski definition) is 0. The van der Waals surface area contributed by atoms with Crippen molar-refractivity contribution in [1.82, 2.24) is 9.80 Å². The van der Waals surface area contributed by atoms with E-state index >= 15 is 0 Å². The lowest BCUT2D eigenvalue weighted by Crippen LogP contribution is -2.44. The Morgan fingerprint density at radius 3 is 2.56 bits per heavy atom. The van der Waals surface area contributed by atoms with Gasteiger partial charge in [-0.1, -0.05) is 6.92 Å². The number of methoxy groups -OCH3 is 1. The number of nitrogens with zero attached hydrogens (tertiary/aromatic N) is 2. The molecule has 1 aliphatic heterocycles. The molecular formula is C11H20N2O3. The summed E-state index contributed by atoms with van der Waals surface area (Å²) in [5.41, 5.74) is 0. The van der Waals surface area contributed by atoms with E-state index in [0.29, 0.717) is 25.4 Å². The number of carbonyl (C=O) groups excluding carboxylic acids is 2. The summed E-state index contributed by atoms with van der Waals surface area (Å²) in [6.07, 6.45) is 0.700. The molecule has 1 aliphatic rings. The van der Waals surface area contributed by atoms with E-state index in [-0.39, 0.29) is 11.9 Å². The van der Waals surface area contributed by atoms with Gasteiger partial charge in [-0.3, -0.25) is 4.79 Å². The number of likely N-dealkylation sites (tertiary alicyclic amines) is 1. The van der Waals surface area contributed by atoms with Gasteiger partial charge in [0, 0.05) is 6.54 Å². The monoisotopic (exact) mass is 228 g/mol. The van der Waals surface area contributed by atoms with Crippen molar-refractivity contribution in [3.63, 3.8) is 0 Å². The van der Waals surface area contributed by atoms with E-state index < -0.39 is 6.04 Å². The van der Waals surface area contributed by atoms with Crippen LogP contribution in [0.3, 0.4) is 0 Å². The van der Waals surface area contributed by atoms with Crippen molar-refractivity contribution < 1.29 is 14.3 Å². The fourth-order valence-corrected chi connectivity index (χ4v) is 2.04. The van der Waals surface area contributed by atoms with Crippen molar-refractivity contribution >= 4 is 11.9 Å². The number of amides is 1.